The summed E-state index contributed by atoms with van der Waals surface area (Å²) in [6.07, 6.45) is 4.71. The highest BCUT2D eigenvalue weighted by Gasteiger charge is 2.38. The number of nitrogens with zero attached hydrogens (tertiary/aromatic N) is 1. The fourth-order valence-corrected chi connectivity index (χ4v) is 5.62. The topological polar surface area (TPSA) is 88.1 Å². The highest BCUT2D eigenvalue weighted by atomic mass is 16.5. The molecule has 2 N–H and O–H groups in total. The molecular weight excluding hydrogens is 456 g/mol. The van der Waals surface area contributed by atoms with Crippen LogP contribution in [0.3, 0.4) is 0 Å². The lowest BCUT2D eigenvalue weighted by Crippen LogP contribution is -2.46. The number of amides is 2. The van der Waals surface area contributed by atoms with Gasteiger partial charge in [0.05, 0.1) is 20.3 Å². The van der Waals surface area contributed by atoms with Crippen LogP contribution in [0.1, 0.15) is 49.7 Å². The van der Waals surface area contributed by atoms with Crippen molar-refractivity contribution in [3.8, 4) is 11.5 Å². The molecule has 7 heteroatoms. The van der Waals surface area contributed by atoms with Gasteiger partial charge in [-0.1, -0.05) is 36.4 Å². The molecule has 36 heavy (non-hydrogen) atoms. The van der Waals surface area contributed by atoms with Crippen molar-refractivity contribution in [1.82, 2.24) is 10.2 Å². The number of carbonyl (C=O) groups excluding carboxylic acids is 2. The van der Waals surface area contributed by atoms with Crippen molar-refractivity contribution >= 4 is 11.8 Å². The minimum atomic E-state index is -0.434. The van der Waals surface area contributed by atoms with Crippen LogP contribution in [-0.4, -0.2) is 60.8 Å². The summed E-state index contributed by atoms with van der Waals surface area (Å²) in [5.41, 5.74) is 1.74. The number of nitrogens with one attached hydrogen (secondary N) is 1. The summed E-state index contributed by atoms with van der Waals surface area (Å²) in [5.74, 6) is 1.69. The number of aliphatic hydroxyl groups excluding tert-OH is 1. The average Bonchev–Trinajstić information content (AvgIpc) is 3.28. The summed E-state index contributed by atoms with van der Waals surface area (Å²) in [4.78, 5) is 27.2. The van der Waals surface area contributed by atoms with E-state index in [0.717, 1.165) is 24.0 Å². The Morgan fingerprint density at radius 3 is 2.44 bits per heavy atom. The summed E-state index contributed by atoms with van der Waals surface area (Å²) in [6, 6.07) is 15.9. The molecule has 2 heterocycles. The summed E-state index contributed by atoms with van der Waals surface area (Å²) in [5, 5.41) is 13.9. The SMILES string of the molecule is COc1ccc(C[C@]2(CCC(=O)N3CCC([C@@H](O)Cc4ccccc4)CC3)CCC(=O)N2)cc1OC. The van der Waals surface area contributed by atoms with Crippen LogP contribution < -0.4 is 14.8 Å². The third-order valence-electron chi connectivity index (χ3n) is 7.77. The van der Waals surface area contributed by atoms with Gasteiger partial charge in [-0.15, -0.1) is 0 Å². The maximum atomic E-state index is 13.1. The zero-order chi connectivity index (χ0) is 25.5. The standard InChI is InChI=1S/C29H38N2O5/c1-35-25-9-8-22(19-26(25)36-2)20-29(14-10-27(33)30-29)15-11-28(34)31-16-12-23(13-17-31)24(32)18-21-6-4-3-5-7-21/h3-9,19,23-24,32H,10-18,20H2,1-2H3,(H,30,33)/t24-,29+/m0/s1. The minimum absolute atomic E-state index is 0.0381. The van der Waals surface area contributed by atoms with Gasteiger partial charge in [-0.05, 0) is 67.7 Å². The van der Waals surface area contributed by atoms with Crippen LogP contribution in [0.5, 0.6) is 11.5 Å². The van der Waals surface area contributed by atoms with Gasteiger partial charge in [-0.3, -0.25) is 9.59 Å². The highest BCUT2D eigenvalue weighted by molar-refractivity contribution is 5.80. The van der Waals surface area contributed by atoms with E-state index in [0.29, 0.717) is 63.1 Å². The van der Waals surface area contributed by atoms with E-state index in [1.165, 1.54) is 0 Å². The third-order valence-corrected chi connectivity index (χ3v) is 7.77. The van der Waals surface area contributed by atoms with Crippen LogP contribution in [0.2, 0.25) is 0 Å². The molecule has 0 unspecified atom stereocenters. The number of hydrogen-bond acceptors (Lipinski definition) is 5. The van der Waals surface area contributed by atoms with Gasteiger partial charge >= 0.3 is 0 Å². The maximum Gasteiger partial charge on any atom is 0.222 e. The fraction of sp³-hybridized carbons (Fsp3) is 0.517. The van der Waals surface area contributed by atoms with Crippen molar-refractivity contribution in [2.45, 2.75) is 63.0 Å². The first-order chi connectivity index (χ1) is 17.4. The van der Waals surface area contributed by atoms with E-state index in [1.807, 2.05) is 53.4 Å². The molecule has 0 bridgehead atoms. The molecular formula is C29H38N2O5. The van der Waals surface area contributed by atoms with E-state index >= 15 is 0 Å². The van der Waals surface area contributed by atoms with E-state index in [4.69, 9.17) is 9.47 Å². The third kappa shape index (κ3) is 6.38. The number of ether oxygens (including phenoxy) is 2. The lowest BCUT2D eigenvalue weighted by atomic mass is 9.84. The van der Waals surface area contributed by atoms with Crippen molar-refractivity contribution in [1.29, 1.82) is 0 Å². The molecule has 4 rings (SSSR count). The Morgan fingerprint density at radius 2 is 1.81 bits per heavy atom. The summed E-state index contributed by atoms with van der Waals surface area (Å²) in [7, 11) is 3.21. The molecule has 2 saturated heterocycles. The average molecular weight is 495 g/mol. The van der Waals surface area contributed by atoms with Crippen molar-refractivity contribution < 1.29 is 24.2 Å². The molecule has 2 atom stereocenters. The Bertz CT molecular complexity index is 1040. The first kappa shape index (κ1) is 26.0. The molecule has 2 aromatic carbocycles. The largest absolute Gasteiger partial charge is 0.493 e. The monoisotopic (exact) mass is 494 g/mol. The van der Waals surface area contributed by atoms with Gasteiger partial charge in [0.25, 0.3) is 0 Å². The molecule has 2 aliphatic heterocycles. The normalized spacial score (nSPS) is 21.2. The van der Waals surface area contributed by atoms with Gasteiger partial charge in [-0.25, -0.2) is 0 Å². The molecule has 0 saturated carbocycles. The zero-order valence-corrected chi connectivity index (χ0v) is 21.4. The molecule has 194 valence electrons. The Hall–Kier alpha value is -3.06. The van der Waals surface area contributed by atoms with E-state index in [2.05, 4.69) is 5.32 Å². The fourth-order valence-electron chi connectivity index (χ4n) is 5.62. The Morgan fingerprint density at radius 1 is 1.08 bits per heavy atom. The lowest BCUT2D eigenvalue weighted by molar-refractivity contribution is -0.133. The van der Waals surface area contributed by atoms with Crippen LogP contribution in [0, 0.1) is 5.92 Å². The molecule has 2 fully saturated rings. The maximum absolute atomic E-state index is 13.1. The number of likely N-dealkylation sites (tertiary alicyclic amines) is 1. The second-order valence-electron chi connectivity index (χ2n) is 10.2. The van der Waals surface area contributed by atoms with Crippen molar-refractivity contribution in [2.24, 2.45) is 5.92 Å². The first-order valence-corrected chi connectivity index (χ1v) is 12.9. The number of aliphatic hydroxyl groups is 1. The second kappa shape index (κ2) is 11.8. The van der Waals surface area contributed by atoms with E-state index in [-0.39, 0.29) is 23.8 Å². The Balaban J connectivity index is 1.31. The Labute approximate surface area is 213 Å². The molecule has 7 nitrogen and oxygen atoms in total. The van der Waals surface area contributed by atoms with Crippen LogP contribution in [0.25, 0.3) is 0 Å². The first-order valence-electron chi connectivity index (χ1n) is 12.9. The van der Waals surface area contributed by atoms with Crippen molar-refractivity contribution in [3.05, 3.63) is 59.7 Å². The second-order valence-corrected chi connectivity index (χ2v) is 10.2. The quantitative estimate of drug-likeness (QED) is 0.528. The van der Waals surface area contributed by atoms with Crippen LogP contribution in [0.4, 0.5) is 0 Å². The summed E-state index contributed by atoms with van der Waals surface area (Å²) >= 11 is 0. The van der Waals surface area contributed by atoms with Crippen LogP contribution >= 0.6 is 0 Å². The van der Waals surface area contributed by atoms with Crippen molar-refractivity contribution in [2.75, 3.05) is 27.3 Å². The van der Waals surface area contributed by atoms with Gasteiger partial charge in [0.2, 0.25) is 11.8 Å². The van der Waals surface area contributed by atoms with Gasteiger partial charge < -0.3 is 24.8 Å². The van der Waals surface area contributed by atoms with E-state index < -0.39 is 5.54 Å². The number of carbonyl (C=O) groups is 2. The summed E-state index contributed by atoms with van der Waals surface area (Å²) in [6.45, 7) is 1.34. The van der Waals surface area contributed by atoms with Crippen LogP contribution in [0.15, 0.2) is 48.5 Å². The van der Waals surface area contributed by atoms with E-state index in [9.17, 15) is 14.7 Å². The molecule has 2 amide bonds. The lowest BCUT2D eigenvalue weighted by Gasteiger charge is -2.35. The molecule has 2 aliphatic rings. The molecule has 0 aromatic heterocycles. The van der Waals surface area contributed by atoms with Crippen LogP contribution in [-0.2, 0) is 22.4 Å². The number of methoxy groups -OCH3 is 2. The smallest absolute Gasteiger partial charge is 0.222 e. The molecule has 0 spiro atoms. The Kier molecular flexibility index (Phi) is 8.52. The highest BCUT2D eigenvalue weighted by Crippen LogP contribution is 2.34. The van der Waals surface area contributed by atoms with Gasteiger partial charge in [-0.2, -0.15) is 0 Å². The number of hydrogen-bond donors (Lipinski definition) is 2. The molecule has 0 radical (unpaired) electrons. The molecule has 2 aromatic rings. The van der Waals surface area contributed by atoms with E-state index in [1.54, 1.807) is 14.2 Å². The number of benzene rings is 2. The number of rotatable bonds is 10. The zero-order valence-electron chi connectivity index (χ0n) is 21.4. The van der Waals surface area contributed by atoms with Crippen molar-refractivity contribution in [3.63, 3.8) is 0 Å². The van der Waals surface area contributed by atoms with Gasteiger partial charge in [0.15, 0.2) is 11.5 Å². The van der Waals surface area contributed by atoms with Gasteiger partial charge in [0.1, 0.15) is 0 Å². The predicted molar refractivity (Wildman–Crippen MR) is 138 cm³/mol. The summed E-state index contributed by atoms with van der Waals surface area (Å²) < 4.78 is 10.8. The predicted octanol–water partition coefficient (Wildman–Crippen LogP) is 3.52. The number of piperidine rings is 1. The molecule has 0 aliphatic carbocycles. The van der Waals surface area contributed by atoms with Gasteiger partial charge in [0, 0.05) is 31.5 Å². The minimum Gasteiger partial charge on any atom is -0.493 e.